The normalized spacial score (nSPS) is 15.6. The van der Waals surface area contributed by atoms with Crippen molar-refractivity contribution in [1.29, 1.82) is 0 Å². The Bertz CT molecular complexity index is 770. The Morgan fingerprint density at radius 2 is 2.07 bits per heavy atom. The van der Waals surface area contributed by atoms with E-state index in [0.29, 0.717) is 17.6 Å². The van der Waals surface area contributed by atoms with E-state index in [-0.39, 0.29) is 17.2 Å². The zero-order valence-electron chi connectivity index (χ0n) is 15.4. The Hall–Kier alpha value is -2.61. The summed E-state index contributed by atoms with van der Waals surface area (Å²) in [7, 11) is 0. The number of para-hydroxylation sites is 1. The van der Waals surface area contributed by atoms with Gasteiger partial charge in [0.05, 0.1) is 22.0 Å². The number of nitro benzene ring substituents is 1. The van der Waals surface area contributed by atoms with E-state index in [0.717, 1.165) is 32.5 Å². The van der Waals surface area contributed by atoms with Crippen molar-refractivity contribution in [1.82, 2.24) is 10.6 Å². The molecule has 1 saturated heterocycles. The average molecular weight is 388 g/mol. The van der Waals surface area contributed by atoms with Gasteiger partial charge in [0, 0.05) is 31.7 Å². The summed E-state index contributed by atoms with van der Waals surface area (Å²) >= 11 is 1.78. The summed E-state index contributed by atoms with van der Waals surface area (Å²) in [6.45, 7) is 5.07. The van der Waals surface area contributed by atoms with E-state index in [1.165, 1.54) is 11.1 Å². The predicted molar refractivity (Wildman–Crippen MR) is 111 cm³/mol. The van der Waals surface area contributed by atoms with Gasteiger partial charge in [-0.3, -0.25) is 10.1 Å². The van der Waals surface area contributed by atoms with Crippen LogP contribution in [-0.4, -0.2) is 36.6 Å². The highest BCUT2D eigenvalue weighted by atomic mass is 32.1. The van der Waals surface area contributed by atoms with Crippen LogP contribution < -0.4 is 15.5 Å². The van der Waals surface area contributed by atoms with E-state index in [1.54, 1.807) is 29.5 Å². The fourth-order valence-corrected chi connectivity index (χ4v) is 3.98. The molecule has 1 aliphatic rings. The summed E-state index contributed by atoms with van der Waals surface area (Å²) in [5.74, 6) is 0.713. The van der Waals surface area contributed by atoms with Gasteiger partial charge in [0.25, 0.3) is 5.69 Å². The van der Waals surface area contributed by atoms with E-state index >= 15 is 0 Å². The summed E-state index contributed by atoms with van der Waals surface area (Å²) in [5, 5.41) is 21.3. The molecule has 1 aromatic carbocycles. The maximum atomic E-state index is 11.2. The van der Waals surface area contributed by atoms with E-state index in [2.05, 4.69) is 38.0 Å². The minimum Gasteiger partial charge on any atom is -0.363 e. The lowest BCUT2D eigenvalue weighted by molar-refractivity contribution is -0.385. The van der Waals surface area contributed by atoms with Crippen LogP contribution in [0.25, 0.3) is 0 Å². The summed E-state index contributed by atoms with van der Waals surface area (Å²) in [5.41, 5.74) is 0.730. The van der Waals surface area contributed by atoms with Gasteiger partial charge in [-0.1, -0.05) is 18.2 Å². The first-order valence-electron chi connectivity index (χ1n) is 9.23. The van der Waals surface area contributed by atoms with Crippen LogP contribution in [0.1, 0.15) is 25.3 Å². The van der Waals surface area contributed by atoms with E-state index in [1.807, 2.05) is 6.92 Å². The molecule has 0 saturated carbocycles. The highest BCUT2D eigenvalue weighted by molar-refractivity contribution is 7.14. The molecule has 0 spiro atoms. The van der Waals surface area contributed by atoms with Crippen molar-refractivity contribution in [3.63, 3.8) is 0 Å². The maximum Gasteiger partial charge on any atom is 0.274 e. The Morgan fingerprint density at radius 3 is 2.74 bits per heavy atom. The van der Waals surface area contributed by atoms with Crippen molar-refractivity contribution in [2.24, 2.45) is 4.99 Å². The number of anilines is 1. The van der Waals surface area contributed by atoms with Crippen LogP contribution in [-0.2, 0) is 6.54 Å². The van der Waals surface area contributed by atoms with Crippen molar-refractivity contribution in [2.75, 3.05) is 24.5 Å². The zero-order chi connectivity index (χ0) is 19.1. The average Bonchev–Trinajstić information content (AvgIpc) is 3.22. The second-order valence-electron chi connectivity index (χ2n) is 6.44. The third-order valence-corrected chi connectivity index (χ3v) is 5.52. The molecule has 2 N–H and O–H groups in total. The number of aliphatic imine (C=N–C) groups is 1. The van der Waals surface area contributed by atoms with Gasteiger partial charge in [0.2, 0.25) is 0 Å². The van der Waals surface area contributed by atoms with Gasteiger partial charge in [-0.15, -0.1) is 11.3 Å². The fraction of sp³-hybridized carbons (Fsp3) is 0.421. The molecule has 1 aliphatic heterocycles. The molecule has 8 heteroatoms. The molecule has 0 bridgehead atoms. The summed E-state index contributed by atoms with van der Waals surface area (Å²) in [4.78, 5) is 17.8. The standard InChI is InChI=1S/C19H25N5O2S/c1-2-20-19(21-14-15-6-3-4-7-17(15)24(25)26)22-16-9-11-23(12-10-16)18-8-5-13-27-18/h3-8,13,16H,2,9-12,14H2,1H3,(H2,20,21,22). The number of guanidine groups is 1. The molecular weight excluding hydrogens is 362 g/mol. The van der Waals surface area contributed by atoms with Gasteiger partial charge in [-0.05, 0) is 37.3 Å². The topological polar surface area (TPSA) is 82.8 Å². The molecule has 0 aliphatic carbocycles. The van der Waals surface area contributed by atoms with Crippen LogP contribution in [0.4, 0.5) is 10.7 Å². The molecule has 27 heavy (non-hydrogen) atoms. The fourth-order valence-electron chi connectivity index (χ4n) is 3.19. The largest absolute Gasteiger partial charge is 0.363 e. The first-order valence-corrected chi connectivity index (χ1v) is 10.1. The number of piperidine rings is 1. The van der Waals surface area contributed by atoms with Gasteiger partial charge < -0.3 is 15.5 Å². The van der Waals surface area contributed by atoms with Crippen LogP contribution in [0.5, 0.6) is 0 Å². The third-order valence-electron chi connectivity index (χ3n) is 4.59. The van der Waals surface area contributed by atoms with E-state index < -0.39 is 0 Å². The highest BCUT2D eigenvalue weighted by Crippen LogP contribution is 2.25. The van der Waals surface area contributed by atoms with Crippen molar-refractivity contribution in [3.8, 4) is 0 Å². The van der Waals surface area contributed by atoms with Crippen molar-refractivity contribution < 1.29 is 4.92 Å². The van der Waals surface area contributed by atoms with Gasteiger partial charge >= 0.3 is 0 Å². The third kappa shape index (κ3) is 5.19. The Kier molecular flexibility index (Phi) is 6.64. The van der Waals surface area contributed by atoms with E-state index in [4.69, 9.17) is 0 Å². The minimum atomic E-state index is -0.356. The SMILES string of the molecule is CCNC(=NCc1ccccc1[N+](=O)[O-])NC1CCN(c2cccs2)CC1. The predicted octanol–water partition coefficient (Wildman–Crippen LogP) is 3.38. The Morgan fingerprint density at radius 1 is 1.30 bits per heavy atom. The Balaban J connectivity index is 1.59. The number of rotatable bonds is 6. The Labute approximate surface area is 163 Å². The van der Waals surface area contributed by atoms with Crippen LogP contribution >= 0.6 is 11.3 Å². The first kappa shape index (κ1) is 19.2. The molecule has 0 amide bonds. The lowest BCUT2D eigenvalue weighted by Crippen LogP contribution is -2.48. The number of nitrogens with one attached hydrogen (secondary N) is 2. The molecule has 7 nitrogen and oxygen atoms in total. The number of hydrogen-bond acceptors (Lipinski definition) is 5. The van der Waals surface area contributed by atoms with Crippen LogP contribution in [0.3, 0.4) is 0 Å². The van der Waals surface area contributed by atoms with Gasteiger partial charge in [0.1, 0.15) is 0 Å². The number of benzene rings is 1. The zero-order valence-corrected chi connectivity index (χ0v) is 16.2. The number of hydrogen-bond donors (Lipinski definition) is 2. The molecule has 3 rings (SSSR count). The maximum absolute atomic E-state index is 11.2. The summed E-state index contributed by atoms with van der Waals surface area (Å²) in [6, 6.07) is 11.4. The quantitative estimate of drug-likeness (QED) is 0.344. The van der Waals surface area contributed by atoms with Gasteiger partial charge in [-0.25, -0.2) is 4.99 Å². The molecule has 0 unspecified atom stereocenters. The summed E-state index contributed by atoms with van der Waals surface area (Å²) in [6.07, 6.45) is 2.07. The van der Waals surface area contributed by atoms with Crippen LogP contribution in [0.15, 0.2) is 46.8 Å². The molecule has 1 fully saturated rings. The van der Waals surface area contributed by atoms with Crippen molar-refractivity contribution >= 4 is 28.0 Å². The highest BCUT2D eigenvalue weighted by Gasteiger charge is 2.21. The van der Waals surface area contributed by atoms with Gasteiger partial charge in [0.15, 0.2) is 5.96 Å². The summed E-state index contributed by atoms with van der Waals surface area (Å²) < 4.78 is 0. The molecule has 2 aromatic rings. The molecule has 2 heterocycles. The second-order valence-corrected chi connectivity index (χ2v) is 7.36. The molecule has 144 valence electrons. The second kappa shape index (κ2) is 9.36. The lowest BCUT2D eigenvalue weighted by Gasteiger charge is -2.33. The van der Waals surface area contributed by atoms with Crippen LogP contribution in [0, 0.1) is 10.1 Å². The number of nitrogens with zero attached hydrogens (tertiary/aromatic N) is 3. The number of thiophene rings is 1. The molecule has 1 aromatic heterocycles. The smallest absolute Gasteiger partial charge is 0.274 e. The molecule has 0 atom stereocenters. The first-order chi connectivity index (χ1) is 13.2. The van der Waals surface area contributed by atoms with E-state index in [9.17, 15) is 10.1 Å². The van der Waals surface area contributed by atoms with Crippen molar-refractivity contribution in [3.05, 3.63) is 57.5 Å². The minimum absolute atomic E-state index is 0.112. The molecular formula is C19H25N5O2S. The number of nitro groups is 1. The molecule has 0 radical (unpaired) electrons. The van der Waals surface area contributed by atoms with Gasteiger partial charge in [-0.2, -0.15) is 0 Å². The lowest BCUT2D eigenvalue weighted by atomic mass is 10.1. The van der Waals surface area contributed by atoms with Crippen molar-refractivity contribution in [2.45, 2.75) is 32.4 Å². The van der Waals surface area contributed by atoms with Crippen LogP contribution in [0.2, 0.25) is 0 Å². The monoisotopic (exact) mass is 387 g/mol.